The van der Waals surface area contributed by atoms with Crippen molar-refractivity contribution in [1.29, 1.82) is 0 Å². The first-order valence-electron chi connectivity index (χ1n) is 4.87. The lowest BCUT2D eigenvalue weighted by Crippen LogP contribution is -2.05. The Hall–Kier alpha value is -0.850. The Morgan fingerprint density at radius 3 is 2.38 bits per heavy atom. The molecule has 0 saturated heterocycles. The molecule has 0 bridgehead atoms. The summed E-state index contributed by atoms with van der Waals surface area (Å²) in [6, 6.07) is 0. The van der Waals surface area contributed by atoms with E-state index >= 15 is 0 Å². The van der Waals surface area contributed by atoms with Crippen LogP contribution in [0, 0.1) is 11.3 Å². The van der Waals surface area contributed by atoms with Crippen molar-refractivity contribution in [3.63, 3.8) is 0 Å². The van der Waals surface area contributed by atoms with E-state index in [0.717, 1.165) is 0 Å². The molecule has 1 heteroatoms. The van der Waals surface area contributed by atoms with Gasteiger partial charge in [-0.3, -0.25) is 4.99 Å². The number of rotatable bonds is 1. The molecule has 0 aromatic carbocycles. The summed E-state index contributed by atoms with van der Waals surface area (Å²) >= 11 is 0. The summed E-state index contributed by atoms with van der Waals surface area (Å²) in [6.45, 7) is 10.9. The van der Waals surface area contributed by atoms with Gasteiger partial charge in [-0.1, -0.05) is 39.8 Å². The fraction of sp³-hybridized carbons (Fsp3) is 0.583. The fourth-order valence-corrected chi connectivity index (χ4v) is 1.58. The van der Waals surface area contributed by atoms with Crippen molar-refractivity contribution in [2.75, 3.05) is 0 Å². The molecule has 1 nitrogen and oxygen atoms in total. The third-order valence-electron chi connectivity index (χ3n) is 2.13. The Kier molecular flexibility index (Phi) is 2.74. The summed E-state index contributed by atoms with van der Waals surface area (Å²) in [5, 5.41) is 0. The van der Waals surface area contributed by atoms with Crippen molar-refractivity contribution in [2.24, 2.45) is 16.3 Å². The molecule has 1 heterocycles. The zero-order chi connectivity index (χ0) is 10.1. The lowest BCUT2D eigenvalue weighted by Gasteiger charge is -2.16. The van der Waals surface area contributed by atoms with Crippen LogP contribution in [0.5, 0.6) is 0 Å². The molecule has 1 aliphatic heterocycles. The molecule has 0 saturated carbocycles. The highest BCUT2D eigenvalue weighted by molar-refractivity contribution is 5.79. The van der Waals surface area contributed by atoms with E-state index in [9.17, 15) is 0 Å². The molecule has 0 fully saturated rings. The summed E-state index contributed by atoms with van der Waals surface area (Å²) in [5.41, 5.74) is 2.58. The standard InChI is InChI=1S/C12H19N/c1-9(2)11-7-12(4,5)6-10(3)8-13-11/h6-9H,1-5H3. The number of nitrogens with zero attached hydrogens (tertiary/aromatic N) is 1. The first-order chi connectivity index (χ1) is 5.91. The molecule has 0 radical (unpaired) electrons. The predicted octanol–water partition coefficient (Wildman–Crippen LogP) is 3.58. The van der Waals surface area contributed by atoms with Crippen LogP contribution in [0.3, 0.4) is 0 Å². The van der Waals surface area contributed by atoms with Gasteiger partial charge in [-0.05, 0) is 18.4 Å². The predicted molar refractivity (Wildman–Crippen MR) is 59.0 cm³/mol. The van der Waals surface area contributed by atoms with Crippen molar-refractivity contribution < 1.29 is 0 Å². The van der Waals surface area contributed by atoms with Crippen LogP contribution in [-0.4, -0.2) is 6.21 Å². The first kappa shape index (κ1) is 10.2. The third kappa shape index (κ3) is 2.83. The van der Waals surface area contributed by atoms with Crippen LogP contribution in [0.4, 0.5) is 0 Å². The maximum atomic E-state index is 4.47. The van der Waals surface area contributed by atoms with Gasteiger partial charge in [0.2, 0.25) is 0 Å². The van der Waals surface area contributed by atoms with E-state index in [-0.39, 0.29) is 5.41 Å². The molecule has 1 rings (SSSR count). The number of allylic oxidation sites excluding steroid dienone is 4. The fourth-order valence-electron chi connectivity index (χ4n) is 1.58. The van der Waals surface area contributed by atoms with Crippen LogP contribution in [0.2, 0.25) is 0 Å². The molecule has 72 valence electrons. The Balaban J connectivity index is 3.04. The minimum atomic E-state index is 0.139. The molecular formula is C12H19N. The Morgan fingerprint density at radius 1 is 1.23 bits per heavy atom. The minimum absolute atomic E-state index is 0.139. The Bertz CT molecular complexity index is 277. The highest BCUT2D eigenvalue weighted by Crippen LogP contribution is 2.27. The SMILES string of the molecule is CC1=CC(C)(C)C=C(C(C)C)N=C1. The number of hydrogen-bond acceptors (Lipinski definition) is 1. The van der Waals surface area contributed by atoms with Crippen LogP contribution in [0.25, 0.3) is 0 Å². The highest BCUT2D eigenvalue weighted by Gasteiger charge is 2.16. The van der Waals surface area contributed by atoms with Gasteiger partial charge in [0.25, 0.3) is 0 Å². The van der Waals surface area contributed by atoms with Gasteiger partial charge in [0, 0.05) is 17.3 Å². The molecule has 0 aliphatic carbocycles. The molecule has 0 aromatic heterocycles. The molecule has 13 heavy (non-hydrogen) atoms. The van der Waals surface area contributed by atoms with E-state index in [4.69, 9.17) is 0 Å². The molecule has 0 amide bonds. The van der Waals surface area contributed by atoms with Crippen LogP contribution < -0.4 is 0 Å². The lowest BCUT2D eigenvalue weighted by atomic mass is 9.89. The van der Waals surface area contributed by atoms with Gasteiger partial charge in [-0.2, -0.15) is 0 Å². The number of aliphatic imine (C=N–C) groups is 1. The normalized spacial score (nSPS) is 21.1. The summed E-state index contributed by atoms with van der Waals surface area (Å²) in [7, 11) is 0. The van der Waals surface area contributed by atoms with Gasteiger partial charge in [0.15, 0.2) is 0 Å². The van der Waals surface area contributed by atoms with Gasteiger partial charge in [0.05, 0.1) is 0 Å². The van der Waals surface area contributed by atoms with Gasteiger partial charge in [-0.15, -0.1) is 0 Å². The zero-order valence-electron chi connectivity index (χ0n) is 9.26. The maximum absolute atomic E-state index is 4.47. The van der Waals surface area contributed by atoms with E-state index in [1.165, 1.54) is 11.3 Å². The Morgan fingerprint density at radius 2 is 1.85 bits per heavy atom. The van der Waals surface area contributed by atoms with E-state index < -0.39 is 0 Å². The molecule has 0 spiro atoms. The van der Waals surface area contributed by atoms with Crippen molar-refractivity contribution in [3.05, 3.63) is 23.4 Å². The quantitative estimate of drug-likeness (QED) is 0.580. The van der Waals surface area contributed by atoms with Crippen LogP contribution >= 0.6 is 0 Å². The van der Waals surface area contributed by atoms with Crippen molar-refractivity contribution in [1.82, 2.24) is 0 Å². The third-order valence-corrected chi connectivity index (χ3v) is 2.13. The van der Waals surface area contributed by atoms with Crippen LogP contribution in [0.15, 0.2) is 28.4 Å². The topological polar surface area (TPSA) is 12.4 Å². The van der Waals surface area contributed by atoms with Gasteiger partial charge in [0.1, 0.15) is 0 Å². The number of hydrogen-bond donors (Lipinski definition) is 0. The lowest BCUT2D eigenvalue weighted by molar-refractivity contribution is 0.603. The summed E-state index contributed by atoms with van der Waals surface area (Å²) in [6.07, 6.45) is 6.47. The van der Waals surface area contributed by atoms with Crippen molar-refractivity contribution in [2.45, 2.75) is 34.6 Å². The second-order valence-electron chi connectivity index (χ2n) is 4.69. The van der Waals surface area contributed by atoms with Gasteiger partial charge in [-0.25, -0.2) is 0 Å². The van der Waals surface area contributed by atoms with E-state index in [1.807, 2.05) is 6.21 Å². The molecule has 0 unspecified atom stereocenters. The average molecular weight is 177 g/mol. The largest absolute Gasteiger partial charge is 0.261 e. The highest BCUT2D eigenvalue weighted by atomic mass is 14.7. The monoisotopic (exact) mass is 177 g/mol. The van der Waals surface area contributed by atoms with Crippen LogP contribution in [-0.2, 0) is 0 Å². The zero-order valence-corrected chi connectivity index (χ0v) is 9.26. The summed E-state index contributed by atoms with van der Waals surface area (Å²) < 4.78 is 0. The molecule has 0 atom stereocenters. The molecule has 0 N–H and O–H groups in total. The van der Waals surface area contributed by atoms with Crippen molar-refractivity contribution >= 4 is 6.21 Å². The molecule has 0 aromatic rings. The van der Waals surface area contributed by atoms with Gasteiger partial charge >= 0.3 is 0 Å². The molecular weight excluding hydrogens is 158 g/mol. The second-order valence-corrected chi connectivity index (χ2v) is 4.69. The van der Waals surface area contributed by atoms with E-state index in [0.29, 0.717) is 5.92 Å². The molecule has 1 aliphatic rings. The first-order valence-corrected chi connectivity index (χ1v) is 4.87. The van der Waals surface area contributed by atoms with Gasteiger partial charge < -0.3 is 0 Å². The summed E-state index contributed by atoms with van der Waals surface area (Å²) in [4.78, 5) is 4.47. The van der Waals surface area contributed by atoms with Crippen LogP contribution in [0.1, 0.15) is 34.6 Å². The minimum Gasteiger partial charge on any atom is -0.261 e. The summed E-state index contributed by atoms with van der Waals surface area (Å²) in [5.74, 6) is 0.509. The smallest absolute Gasteiger partial charge is 0.0397 e. The maximum Gasteiger partial charge on any atom is 0.0397 e. The van der Waals surface area contributed by atoms with E-state index in [2.05, 4.69) is 51.8 Å². The Labute approximate surface area is 81.3 Å². The van der Waals surface area contributed by atoms with Crippen molar-refractivity contribution in [3.8, 4) is 0 Å². The van der Waals surface area contributed by atoms with E-state index in [1.54, 1.807) is 0 Å². The second kappa shape index (κ2) is 3.49. The average Bonchev–Trinajstić information content (AvgIpc) is 2.07.